The van der Waals surface area contributed by atoms with Crippen molar-refractivity contribution in [3.63, 3.8) is 0 Å². The van der Waals surface area contributed by atoms with Gasteiger partial charge in [0.15, 0.2) is 0 Å². The molecule has 0 saturated heterocycles. The van der Waals surface area contributed by atoms with E-state index in [1.165, 1.54) is 5.56 Å². The van der Waals surface area contributed by atoms with E-state index in [1.807, 2.05) is 30.4 Å². The van der Waals surface area contributed by atoms with Gasteiger partial charge in [0.1, 0.15) is 11.6 Å². The van der Waals surface area contributed by atoms with Crippen molar-refractivity contribution >= 4 is 33.8 Å². The predicted molar refractivity (Wildman–Crippen MR) is 157 cm³/mol. The second-order valence-electron chi connectivity index (χ2n) is 12.8. The van der Waals surface area contributed by atoms with E-state index in [-0.39, 0.29) is 31.1 Å². The summed E-state index contributed by atoms with van der Waals surface area (Å²) in [5.41, 5.74) is 0.884. The molecule has 1 aromatic rings. The number of allylic oxidation sites excluding steroid dienone is 1. The standard InChI is InChI=1S/C31H40N4O7S/c1-34-14-7-3-2-4-10-22-18-31(22,29(38)33-43(40,41)24-11-12-24)32-27(36)25-16-23(17-26(25)28(34)37)42-30(39)35-15-13-20-8-5-6-9-21(20)19-35/h4-6,8-10,22-26H,2-3,7,11-19H2,1H3,(H,32,36)(H,33,38)/b10-4+. The minimum atomic E-state index is -3.81. The third-order valence-corrected chi connectivity index (χ3v) is 11.5. The number of rotatable bonds is 4. The van der Waals surface area contributed by atoms with Crippen molar-refractivity contribution in [3.05, 3.63) is 47.5 Å². The van der Waals surface area contributed by atoms with Gasteiger partial charge in [0, 0.05) is 32.6 Å². The molecular weight excluding hydrogens is 572 g/mol. The van der Waals surface area contributed by atoms with Crippen LogP contribution in [0.25, 0.3) is 0 Å². The number of carbonyl (C=O) groups is 4. The normalized spacial score (nSPS) is 31.9. The van der Waals surface area contributed by atoms with Gasteiger partial charge in [-0.15, -0.1) is 0 Å². The molecule has 2 N–H and O–H groups in total. The Hall–Kier alpha value is -3.41. The third-order valence-electron chi connectivity index (χ3n) is 9.65. The molecule has 3 fully saturated rings. The number of nitrogens with zero attached hydrogens (tertiary/aromatic N) is 2. The smallest absolute Gasteiger partial charge is 0.410 e. The van der Waals surface area contributed by atoms with Gasteiger partial charge in [-0.3, -0.25) is 19.1 Å². The van der Waals surface area contributed by atoms with Gasteiger partial charge < -0.3 is 19.9 Å². The van der Waals surface area contributed by atoms with Crippen LogP contribution < -0.4 is 10.0 Å². The van der Waals surface area contributed by atoms with Crippen LogP contribution in [0.3, 0.4) is 0 Å². The number of benzene rings is 1. The van der Waals surface area contributed by atoms with Crippen molar-refractivity contribution < 1.29 is 32.3 Å². The highest BCUT2D eigenvalue weighted by atomic mass is 32.2. The van der Waals surface area contributed by atoms with Gasteiger partial charge in [-0.2, -0.15) is 0 Å². The van der Waals surface area contributed by atoms with Crippen LogP contribution >= 0.6 is 0 Å². The lowest BCUT2D eigenvalue weighted by atomic mass is 9.93. The number of amides is 4. The van der Waals surface area contributed by atoms with Gasteiger partial charge in [-0.1, -0.05) is 36.4 Å². The minimum absolute atomic E-state index is 0.144. The molecule has 12 heteroatoms. The number of hydrogen-bond acceptors (Lipinski definition) is 7. The molecule has 5 aliphatic rings. The number of hydrogen-bond donors (Lipinski definition) is 2. The maximum Gasteiger partial charge on any atom is 0.410 e. The van der Waals surface area contributed by atoms with Gasteiger partial charge in [0.2, 0.25) is 21.8 Å². The monoisotopic (exact) mass is 612 g/mol. The molecule has 2 aliphatic heterocycles. The zero-order valence-corrected chi connectivity index (χ0v) is 25.3. The van der Waals surface area contributed by atoms with Crippen LogP contribution in [0, 0.1) is 17.8 Å². The molecule has 5 atom stereocenters. The summed E-state index contributed by atoms with van der Waals surface area (Å²) in [5.74, 6) is -3.32. The second kappa shape index (κ2) is 11.6. The van der Waals surface area contributed by atoms with Crippen LogP contribution in [0.5, 0.6) is 0 Å². The van der Waals surface area contributed by atoms with Crippen molar-refractivity contribution in [3.8, 4) is 0 Å². The maximum atomic E-state index is 13.9. The Bertz CT molecular complexity index is 1440. The second-order valence-corrected chi connectivity index (χ2v) is 14.7. The average Bonchev–Trinajstić information content (AvgIpc) is 3.91. The fourth-order valence-electron chi connectivity index (χ4n) is 6.76. The van der Waals surface area contributed by atoms with Gasteiger partial charge in [0.25, 0.3) is 5.91 Å². The lowest BCUT2D eigenvalue weighted by Crippen LogP contribution is -2.54. The van der Waals surface area contributed by atoms with E-state index in [2.05, 4.69) is 16.1 Å². The van der Waals surface area contributed by atoms with Crippen molar-refractivity contribution in [2.45, 2.75) is 81.2 Å². The summed E-state index contributed by atoms with van der Waals surface area (Å²) < 4.78 is 33.3. The quantitative estimate of drug-likeness (QED) is 0.497. The highest BCUT2D eigenvalue weighted by Crippen LogP contribution is 2.47. The SMILES string of the molecule is CN1CCCC/C=C/C2CC2(C(=O)NS(=O)(=O)C2CC2)NC(=O)C2CC(OC(=O)N3CCc4ccccc4C3)CC2C1=O. The van der Waals surface area contributed by atoms with Crippen molar-refractivity contribution in [1.82, 2.24) is 19.8 Å². The summed E-state index contributed by atoms with van der Waals surface area (Å²) in [5, 5.41) is 2.29. The van der Waals surface area contributed by atoms with E-state index in [9.17, 15) is 27.6 Å². The molecule has 1 aromatic carbocycles. The molecule has 232 valence electrons. The Morgan fingerprint density at radius 1 is 1.05 bits per heavy atom. The zero-order chi connectivity index (χ0) is 30.4. The highest BCUT2D eigenvalue weighted by molar-refractivity contribution is 7.91. The molecule has 5 unspecified atom stereocenters. The predicted octanol–water partition coefficient (Wildman–Crippen LogP) is 2.26. The molecular formula is C31H40N4O7S. The van der Waals surface area contributed by atoms with Gasteiger partial charge in [-0.25, -0.2) is 13.2 Å². The van der Waals surface area contributed by atoms with Crippen molar-refractivity contribution in [1.29, 1.82) is 0 Å². The number of carbonyl (C=O) groups excluding carboxylic acids is 4. The molecule has 0 bridgehead atoms. The maximum absolute atomic E-state index is 13.9. The molecule has 0 spiro atoms. The van der Waals surface area contributed by atoms with Crippen LogP contribution in [0.2, 0.25) is 0 Å². The Morgan fingerprint density at radius 3 is 2.56 bits per heavy atom. The highest BCUT2D eigenvalue weighted by Gasteiger charge is 2.62. The lowest BCUT2D eigenvalue weighted by Gasteiger charge is -2.29. The van der Waals surface area contributed by atoms with Crippen LogP contribution in [0.15, 0.2) is 36.4 Å². The summed E-state index contributed by atoms with van der Waals surface area (Å²) in [6.45, 7) is 1.50. The fraction of sp³-hybridized carbons (Fsp3) is 0.613. The fourth-order valence-corrected chi connectivity index (χ4v) is 8.12. The average molecular weight is 613 g/mol. The van der Waals surface area contributed by atoms with Gasteiger partial charge >= 0.3 is 6.09 Å². The van der Waals surface area contributed by atoms with Gasteiger partial charge in [-0.05, 0) is 68.9 Å². The number of sulfonamides is 1. The molecule has 11 nitrogen and oxygen atoms in total. The Morgan fingerprint density at radius 2 is 1.79 bits per heavy atom. The first kappa shape index (κ1) is 29.7. The topological polar surface area (TPSA) is 142 Å². The van der Waals surface area contributed by atoms with Crippen LogP contribution in [-0.2, 0) is 42.1 Å². The largest absolute Gasteiger partial charge is 0.446 e. The molecule has 0 radical (unpaired) electrons. The molecule has 6 rings (SSSR count). The number of nitrogens with one attached hydrogen (secondary N) is 2. The third kappa shape index (κ3) is 6.16. The van der Waals surface area contributed by atoms with Crippen LogP contribution in [-0.4, -0.2) is 79.1 Å². The Kier molecular flexibility index (Phi) is 7.99. The summed E-state index contributed by atoms with van der Waals surface area (Å²) in [6, 6.07) is 7.97. The minimum Gasteiger partial charge on any atom is -0.446 e. The lowest BCUT2D eigenvalue weighted by molar-refractivity contribution is -0.140. The van der Waals surface area contributed by atoms with E-state index in [0.717, 1.165) is 31.2 Å². The summed E-state index contributed by atoms with van der Waals surface area (Å²) >= 11 is 0. The van der Waals surface area contributed by atoms with E-state index in [4.69, 9.17) is 4.74 Å². The molecule has 43 heavy (non-hydrogen) atoms. The van der Waals surface area contributed by atoms with Crippen molar-refractivity contribution in [2.24, 2.45) is 17.8 Å². The van der Waals surface area contributed by atoms with E-state index < -0.39 is 56.7 Å². The van der Waals surface area contributed by atoms with Gasteiger partial charge in [0.05, 0.1) is 17.1 Å². The first-order chi connectivity index (χ1) is 20.6. The molecule has 0 aromatic heterocycles. The Labute approximate surface area is 252 Å². The summed E-state index contributed by atoms with van der Waals surface area (Å²) in [4.78, 5) is 57.3. The van der Waals surface area contributed by atoms with Crippen LogP contribution in [0.4, 0.5) is 4.79 Å². The zero-order valence-electron chi connectivity index (χ0n) is 24.5. The molecule has 3 saturated carbocycles. The first-order valence-corrected chi connectivity index (χ1v) is 16.9. The summed E-state index contributed by atoms with van der Waals surface area (Å²) in [6.07, 6.45) is 7.47. The Balaban J connectivity index is 1.19. The van der Waals surface area contributed by atoms with E-state index >= 15 is 0 Å². The van der Waals surface area contributed by atoms with E-state index in [0.29, 0.717) is 32.5 Å². The number of fused-ring (bicyclic) bond motifs is 3. The van der Waals surface area contributed by atoms with E-state index in [1.54, 1.807) is 16.8 Å². The van der Waals surface area contributed by atoms with Crippen molar-refractivity contribution in [2.75, 3.05) is 20.1 Å². The first-order valence-electron chi connectivity index (χ1n) is 15.4. The van der Waals surface area contributed by atoms with Crippen LogP contribution in [0.1, 0.15) is 62.5 Å². The molecule has 2 heterocycles. The summed E-state index contributed by atoms with van der Waals surface area (Å²) in [7, 11) is -2.09. The molecule has 3 aliphatic carbocycles. The molecule has 4 amide bonds. The number of ether oxygens (including phenoxy) is 1.